The predicted octanol–water partition coefficient (Wildman–Crippen LogP) is 3.44. The first-order chi connectivity index (χ1) is 13.4. The minimum absolute atomic E-state index is 0.0796. The second-order valence-corrected chi connectivity index (χ2v) is 7.58. The van der Waals surface area contributed by atoms with Crippen LogP contribution in [0.3, 0.4) is 0 Å². The van der Waals surface area contributed by atoms with E-state index in [1.807, 2.05) is 24.3 Å². The SMILES string of the molecule is C[C@H]1OC(c2ccc(OCCCO)cc2)=N[C@@]1(Cc1ccc(Br)cc1)C(=O)O. The number of carboxylic acids is 1. The number of benzene rings is 2. The predicted molar refractivity (Wildman–Crippen MR) is 109 cm³/mol. The first-order valence-electron chi connectivity index (χ1n) is 9.03. The van der Waals surface area contributed by atoms with Crippen LogP contribution in [0.15, 0.2) is 58.0 Å². The minimum Gasteiger partial charge on any atom is -0.494 e. The molecule has 0 unspecified atom stereocenters. The quantitative estimate of drug-likeness (QED) is 0.605. The summed E-state index contributed by atoms with van der Waals surface area (Å²) in [6, 6.07) is 14.7. The van der Waals surface area contributed by atoms with Gasteiger partial charge in [0.25, 0.3) is 0 Å². The van der Waals surface area contributed by atoms with Gasteiger partial charge >= 0.3 is 5.97 Å². The molecule has 0 amide bonds. The van der Waals surface area contributed by atoms with Crippen molar-refractivity contribution in [3.8, 4) is 5.75 Å². The Labute approximate surface area is 172 Å². The van der Waals surface area contributed by atoms with Gasteiger partial charge in [-0.05, 0) is 48.9 Å². The van der Waals surface area contributed by atoms with Crippen molar-refractivity contribution in [2.24, 2.45) is 4.99 Å². The molecule has 1 heterocycles. The number of aliphatic hydroxyl groups is 1. The molecule has 0 aliphatic carbocycles. The van der Waals surface area contributed by atoms with Gasteiger partial charge in [0.05, 0.1) is 6.61 Å². The highest BCUT2D eigenvalue weighted by Gasteiger charge is 2.50. The molecule has 6 nitrogen and oxygen atoms in total. The first kappa shape index (κ1) is 20.4. The third-order valence-electron chi connectivity index (χ3n) is 4.69. The molecule has 0 spiro atoms. The zero-order valence-corrected chi connectivity index (χ0v) is 17.1. The van der Waals surface area contributed by atoms with Crippen molar-refractivity contribution in [2.45, 2.75) is 31.4 Å². The van der Waals surface area contributed by atoms with E-state index in [1.165, 1.54) is 0 Å². The number of ether oxygens (including phenoxy) is 2. The molecule has 1 aliphatic rings. The molecule has 3 rings (SSSR count). The molecule has 2 aromatic rings. The van der Waals surface area contributed by atoms with E-state index in [0.717, 1.165) is 10.0 Å². The van der Waals surface area contributed by atoms with Gasteiger partial charge in [-0.1, -0.05) is 28.1 Å². The van der Waals surface area contributed by atoms with Crippen LogP contribution in [0.25, 0.3) is 0 Å². The lowest BCUT2D eigenvalue weighted by Gasteiger charge is -2.24. The number of carboxylic acid groups (broad SMARTS) is 1. The molecule has 0 aromatic heterocycles. The molecule has 1 aliphatic heterocycles. The summed E-state index contributed by atoms with van der Waals surface area (Å²) in [5.74, 6) is -0.0287. The van der Waals surface area contributed by atoms with Crippen molar-refractivity contribution in [2.75, 3.05) is 13.2 Å². The fourth-order valence-electron chi connectivity index (χ4n) is 3.04. The fraction of sp³-hybridized carbons (Fsp3) is 0.333. The van der Waals surface area contributed by atoms with Gasteiger partial charge in [0.15, 0.2) is 0 Å². The topological polar surface area (TPSA) is 88.4 Å². The maximum atomic E-state index is 12.1. The van der Waals surface area contributed by atoms with E-state index >= 15 is 0 Å². The highest BCUT2D eigenvalue weighted by molar-refractivity contribution is 9.10. The van der Waals surface area contributed by atoms with Crippen molar-refractivity contribution in [3.05, 3.63) is 64.1 Å². The van der Waals surface area contributed by atoms with Crippen molar-refractivity contribution in [1.29, 1.82) is 0 Å². The van der Waals surface area contributed by atoms with Gasteiger partial charge in [-0.25, -0.2) is 9.79 Å². The Morgan fingerprint density at radius 1 is 1.21 bits per heavy atom. The second-order valence-electron chi connectivity index (χ2n) is 6.66. The molecule has 148 valence electrons. The lowest BCUT2D eigenvalue weighted by atomic mass is 9.87. The summed E-state index contributed by atoms with van der Waals surface area (Å²) in [6.07, 6.45) is 0.193. The molecule has 2 N–H and O–H groups in total. The third-order valence-corrected chi connectivity index (χ3v) is 5.22. The highest BCUT2D eigenvalue weighted by Crippen LogP contribution is 2.33. The molecule has 7 heteroatoms. The number of nitrogens with zero attached hydrogens (tertiary/aromatic N) is 1. The van der Waals surface area contributed by atoms with E-state index < -0.39 is 17.6 Å². The van der Waals surface area contributed by atoms with Crippen LogP contribution >= 0.6 is 15.9 Å². The Kier molecular flexibility index (Phi) is 6.36. The van der Waals surface area contributed by atoms with Crippen LogP contribution in [0.4, 0.5) is 0 Å². The molecule has 28 heavy (non-hydrogen) atoms. The van der Waals surface area contributed by atoms with Gasteiger partial charge in [-0.2, -0.15) is 0 Å². The van der Waals surface area contributed by atoms with Crippen molar-refractivity contribution < 1.29 is 24.5 Å². The maximum Gasteiger partial charge on any atom is 0.335 e. The second kappa shape index (κ2) is 8.75. The standard InChI is InChI=1S/C21H22BrNO5/c1-14-21(20(25)26,13-15-3-7-17(22)8-4-15)23-19(28-14)16-5-9-18(10-6-16)27-12-2-11-24/h3-10,14,24H,2,11-13H2,1H3,(H,25,26)/t14-,21-/m1/s1. The van der Waals surface area contributed by atoms with Gasteiger partial charge in [0.2, 0.25) is 11.4 Å². The average molecular weight is 448 g/mol. The number of hydrogen-bond acceptors (Lipinski definition) is 5. The Balaban J connectivity index is 1.83. The summed E-state index contributed by atoms with van der Waals surface area (Å²) >= 11 is 3.39. The average Bonchev–Trinajstić information content (AvgIpc) is 3.02. The summed E-state index contributed by atoms with van der Waals surface area (Å²) < 4.78 is 12.3. The first-order valence-corrected chi connectivity index (χ1v) is 9.82. The Bertz CT molecular complexity index is 850. The number of aliphatic hydroxyl groups excluding tert-OH is 1. The zero-order valence-electron chi connectivity index (χ0n) is 15.5. The lowest BCUT2D eigenvalue weighted by molar-refractivity contribution is -0.145. The Morgan fingerprint density at radius 2 is 1.89 bits per heavy atom. The molecule has 0 bridgehead atoms. The third kappa shape index (κ3) is 4.36. The molecule has 0 saturated heterocycles. The van der Waals surface area contributed by atoms with Gasteiger partial charge in [-0.15, -0.1) is 0 Å². The van der Waals surface area contributed by atoms with Gasteiger partial charge < -0.3 is 19.7 Å². The molecule has 2 aromatic carbocycles. The van der Waals surface area contributed by atoms with E-state index in [4.69, 9.17) is 14.6 Å². The minimum atomic E-state index is -1.38. The summed E-state index contributed by atoms with van der Waals surface area (Å²) in [5, 5.41) is 18.7. The number of carbonyl (C=O) groups is 1. The van der Waals surface area contributed by atoms with E-state index in [1.54, 1.807) is 31.2 Å². The van der Waals surface area contributed by atoms with Gasteiger partial charge in [0, 0.05) is 29.5 Å². The van der Waals surface area contributed by atoms with Crippen LogP contribution in [-0.4, -0.2) is 46.9 Å². The van der Waals surface area contributed by atoms with Gasteiger partial charge in [-0.3, -0.25) is 0 Å². The zero-order chi connectivity index (χ0) is 20.1. The van der Waals surface area contributed by atoms with E-state index in [0.29, 0.717) is 30.2 Å². The monoisotopic (exact) mass is 447 g/mol. The summed E-state index contributed by atoms with van der Waals surface area (Å²) in [4.78, 5) is 16.6. The number of aliphatic imine (C=N–C) groups is 1. The van der Waals surface area contributed by atoms with Crippen LogP contribution in [-0.2, 0) is 16.0 Å². The summed E-state index contributed by atoms with van der Waals surface area (Å²) in [6.45, 7) is 2.24. The van der Waals surface area contributed by atoms with Crippen molar-refractivity contribution in [1.82, 2.24) is 0 Å². The van der Waals surface area contributed by atoms with Crippen LogP contribution in [0.1, 0.15) is 24.5 Å². The van der Waals surface area contributed by atoms with E-state index in [2.05, 4.69) is 20.9 Å². The molecular formula is C21H22BrNO5. The lowest BCUT2D eigenvalue weighted by Crippen LogP contribution is -2.46. The Morgan fingerprint density at radius 3 is 2.50 bits per heavy atom. The molecule has 0 radical (unpaired) electrons. The van der Waals surface area contributed by atoms with Crippen LogP contribution in [0, 0.1) is 0 Å². The molecule has 2 atom stereocenters. The number of hydrogen-bond donors (Lipinski definition) is 2. The summed E-state index contributed by atoms with van der Waals surface area (Å²) in [5.41, 5.74) is 0.193. The number of halogens is 1. The van der Waals surface area contributed by atoms with E-state index in [9.17, 15) is 9.90 Å². The van der Waals surface area contributed by atoms with Gasteiger partial charge in [0.1, 0.15) is 11.9 Å². The van der Waals surface area contributed by atoms with Crippen LogP contribution in [0.2, 0.25) is 0 Å². The Hall–Kier alpha value is -2.38. The fourth-order valence-corrected chi connectivity index (χ4v) is 3.30. The van der Waals surface area contributed by atoms with Crippen molar-refractivity contribution >= 4 is 27.8 Å². The number of rotatable bonds is 8. The molecule has 0 fully saturated rings. The highest BCUT2D eigenvalue weighted by atomic mass is 79.9. The molecular weight excluding hydrogens is 426 g/mol. The smallest absolute Gasteiger partial charge is 0.335 e. The van der Waals surface area contributed by atoms with Crippen molar-refractivity contribution in [3.63, 3.8) is 0 Å². The normalized spacial score (nSPS) is 21.1. The van der Waals surface area contributed by atoms with E-state index in [-0.39, 0.29) is 13.0 Å². The molecule has 0 saturated carbocycles. The maximum absolute atomic E-state index is 12.1. The van der Waals surface area contributed by atoms with Crippen LogP contribution < -0.4 is 4.74 Å². The number of aliphatic carboxylic acids is 1. The largest absolute Gasteiger partial charge is 0.494 e. The van der Waals surface area contributed by atoms with Crippen LogP contribution in [0.5, 0.6) is 5.75 Å². The summed E-state index contributed by atoms with van der Waals surface area (Å²) in [7, 11) is 0.